The van der Waals surface area contributed by atoms with Crippen LogP contribution in [0, 0.1) is 22.7 Å². The quantitative estimate of drug-likeness (QED) is 0.579. The highest BCUT2D eigenvalue weighted by Crippen LogP contribution is 2.05. The SMILES string of the molecule is Cn1ccc(C=C(C#N)C#N)c1. The Labute approximate surface area is 70.8 Å². The molecule has 1 aromatic rings. The number of rotatable bonds is 1. The normalized spacial score (nSPS) is 8.25. The second kappa shape index (κ2) is 3.41. The molecule has 0 aliphatic carbocycles. The number of aromatic nitrogens is 1. The molecule has 0 fully saturated rings. The summed E-state index contributed by atoms with van der Waals surface area (Å²) in [4.78, 5) is 0. The number of hydrogen-bond acceptors (Lipinski definition) is 2. The third-order valence-corrected chi connectivity index (χ3v) is 1.41. The van der Waals surface area contributed by atoms with Gasteiger partial charge in [-0.05, 0) is 17.7 Å². The van der Waals surface area contributed by atoms with E-state index in [0.29, 0.717) is 0 Å². The highest BCUT2D eigenvalue weighted by Gasteiger charge is 1.93. The lowest BCUT2D eigenvalue weighted by Gasteiger charge is -1.84. The smallest absolute Gasteiger partial charge is 0.130 e. The minimum absolute atomic E-state index is 0.126. The Morgan fingerprint density at radius 1 is 1.50 bits per heavy atom. The predicted octanol–water partition coefficient (Wildman–Crippen LogP) is 1.46. The van der Waals surface area contributed by atoms with Crippen molar-refractivity contribution >= 4 is 6.08 Å². The zero-order valence-electron chi connectivity index (χ0n) is 6.65. The van der Waals surface area contributed by atoms with Crippen molar-refractivity contribution in [3.8, 4) is 12.1 Å². The zero-order chi connectivity index (χ0) is 8.97. The number of nitrogens with zero attached hydrogens (tertiary/aromatic N) is 3. The third-order valence-electron chi connectivity index (χ3n) is 1.41. The molecule has 3 heteroatoms. The maximum Gasteiger partial charge on any atom is 0.130 e. The first kappa shape index (κ1) is 8.10. The van der Waals surface area contributed by atoms with Crippen molar-refractivity contribution in [2.24, 2.45) is 7.05 Å². The van der Waals surface area contributed by atoms with E-state index in [2.05, 4.69) is 0 Å². The lowest BCUT2D eigenvalue weighted by molar-refractivity contribution is 0.927. The average molecular weight is 157 g/mol. The molecule has 0 saturated heterocycles. The van der Waals surface area contributed by atoms with Crippen LogP contribution in [-0.4, -0.2) is 4.57 Å². The van der Waals surface area contributed by atoms with Gasteiger partial charge in [0, 0.05) is 19.4 Å². The second-order valence-corrected chi connectivity index (χ2v) is 2.39. The van der Waals surface area contributed by atoms with E-state index in [4.69, 9.17) is 10.5 Å². The molecular weight excluding hydrogens is 150 g/mol. The van der Waals surface area contributed by atoms with Crippen LogP contribution in [0.1, 0.15) is 5.56 Å². The van der Waals surface area contributed by atoms with Crippen molar-refractivity contribution in [1.82, 2.24) is 4.57 Å². The van der Waals surface area contributed by atoms with E-state index in [1.807, 2.05) is 30.1 Å². The van der Waals surface area contributed by atoms with Crippen molar-refractivity contribution in [3.63, 3.8) is 0 Å². The Bertz CT molecular complexity index is 369. The van der Waals surface area contributed by atoms with E-state index in [0.717, 1.165) is 5.56 Å². The van der Waals surface area contributed by atoms with Crippen molar-refractivity contribution in [2.45, 2.75) is 0 Å². The Morgan fingerprint density at radius 3 is 2.58 bits per heavy atom. The van der Waals surface area contributed by atoms with Crippen LogP contribution in [-0.2, 0) is 7.05 Å². The van der Waals surface area contributed by atoms with Gasteiger partial charge in [-0.3, -0.25) is 0 Å². The Morgan fingerprint density at radius 2 is 2.17 bits per heavy atom. The van der Waals surface area contributed by atoms with Gasteiger partial charge in [-0.25, -0.2) is 0 Å². The fourth-order valence-electron chi connectivity index (χ4n) is 0.866. The Kier molecular flexibility index (Phi) is 2.30. The van der Waals surface area contributed by atoms with Gasteiger partial charge in [-0.2, -0.15) is 10.5 Å². The summed E-state index contributed by atoms with van der Waals surface area (Å²) in [7, 11) is 1.88. The molecule has 0 saturated carbocycles. The lowest BCUT2D eigenvalue weighted by Crippen LogP contribution is -1.77. The van der Waals surface area contributed by atoms with Crippen LogP contribution in [0.4, 0.5) is 0 Å². The summed E-state index contributed by atoms with van der Waals surface area (Å²) >= 11 is 0. The van der Waals surface area contributed by atoms with Crippen molar-refractivity contribution in [2.75, 3.05) is 0 Å². The molecule has 0 aromatic carbocycles. The van der Waals surface area contributed by atoms with Crippen LogP contribution in [0.5, 0.6) is 0 Å². The monoisotopic (exact) mass is 157 g/mol. The molecule has 58 valence electrons. The summed E-state index contributed by atoms with van der Waals surface area (Å²) < 4.78 is 1.86. The van der Waals surface area contributed by atoms with Gasteiger partial charge in [-0.15, -0.1) is 0 Å². The van der Waals surface area contributed by atoms with Crippen molar-refractivity contribution < 1.29 is 0 Å². The molecule has 0 aliphatic rings. The van der Waals surface area contributed by atoms with Crippen LogP contribution in [0.2, 0.25) is 0 Å². The molecule has 1 heterocycles. The van der Waals surface area contributed by atoms with E-state index >= 15 is 0 Å². The molecular formula is C9H7N3. The van der Waals surface area contributed by atoms with Gasteiger partial charge in [0.25, 0.3) is 0 Å². The number of nitriles is 2. The fourth-order valence-corrected chi connectivity index (χ4v) is 0.866. The van der Waals surface area contributed by atoms with E-state index in [-0.39, 0.29) is 5.57 Å². The van der Waals surface area contributed by atoms with E-state index < -0.39 is 0 Å². The molecule has 0 spiro atoms. The molecule has 0 bridgehead atoms. The summed E-state index contributed by atoms with van der Waals surface area (Å²) in [6.07, 6.45) is 5.26. The highest BCUT2D eigenvalue weighted by atomic mass is 14.9. The summed E-state index contributed by atoms with van der Waals surface area (Å²) in [5, 5.41) is 16.9. The van der Waals surface area contributed by atoms with Gasteiger partial charge in [-0.1, -0.05) is 0 Å². The standard InChI is InChI=1S/C9H7N3/c1-12-3-2-8(7-12)4-9(5-10)6-11/h2-4,7H,1H3. The van der Waals surface area contributed by atoms with Gasteiger partial charge in [0.1, 0.15) is 17.7 Å². The van der Waals surface area contributed by atoms with E-state index in [1.165, 1.54) is 0 Å². The summed E-state index contributed by atoms with van der Waals surface area (Å²) in [6, 6.07) is 5.44. The molecule has 0 aliphatic heterocycles. The average Bonchev–Trinajstić information content (AvgIpc) is 2.47. The Hall–Kier alpha value is -2.00. The van der Waals surface area contributed by atoms with E-state index in [9.17, 15) is 0 Å². The Balaban J connectivity index is 2.97. The maximum atomic E-state index is 8.45. The fraction of sp³-hybridized carbons (Fsp3) is 0.111. The molecule has 0 radical (unpaired) electrons. The van der Waals surface area contributed by atoms with Gasteiger partial charge in [0.2, 0.25) is 0 Å². The highest BCUT2D eigenvalue weighted by molar-refractivity contribution is 5.61. The number of hydrogen-bond donors (Lipinski definition) is 0. The molecule has 0 N–H and O–H groups in total. The van der Waals surface area contributed by atoms with Crippen LogP contribution >= 0.6 is 0 Å². The summed E-state index contributed by atoms with van der Waals surface area (Å²) in [5.41, 5.74) is 0.997. The predicted molar refractivity (Wildman–Crippen MR) is 44.6 cm³/mol. The van der Waals surface area contributed by atoms with Gasteiger partial charge in [0.15, 0.2) is 0 Å². The van der Waals surface area contributed by atoms with Gasteiger partial charge in [0.05, 0.1) is 0 Å². The molecule has 0 unspecified atom stereocenters. The van der Waals surface area contributed by atoms with Crippen LogP contribution in [0.3, 0.4) is 0 Å². The summed E-state index contributed by atoms with van der Waals surface area (Å²) in [5.74, 6) is 0. The van der Waals surface area contributed by atoms with Crippen molar-refractivity contribution in [3.05, 3.63) is 29.6 Å². The van der Waals surface area contributed by atoms with Gasteiger partial charge >= 0.3 is 0 Å². The summed E-state index contributed by atoms with van der Waals surface area (Å²) in [6.45, 7) is 0. The van der Waals surface area contributed by atoms with Crippen LogP contribution < -0.4 is 0 Å². The molecule has 0 amide bonds. The van der Waals surface area contributed by atoms with Crippen LogP contribution in [0.25, 0.3) is 6.08 Å². The first-order valence-electron chi connectivity index (χ1n) is 3.40. The molecule has 0 atom stereocenters. The van der Waals surface area contributed by atoms with Crippen LogP contribution in [0.15, 0.2) is 24.0 Å². The number of allylic oxidation sites excluding steroid dienone is 1. The van der Waals surface area contributed by atoms with Crippen molar-refractivity contribution in [1.29, 1.82) is 10.5 Å². The van der Waals surface area contributed by atoms with E-state index in [1.54, 1.807) is 18.2 Å². The minimum atomic E-state index is 0.126. The molecule has 1 aromatic heterocycles. The lowest BCUT2D eigenvalue weighted by atomic mass is 10.2. The van der Waals surface area contributed by atoms with Gasteiger partial charge < -0.3 is 4.57 Å². The minimum Gasteiger partial charge on any atom is -0.357 e. The molecule has 3 nitrogen and oxygen atoms in total. The topological polar surface area (TPSA) is 52.5 Å². The first-order chi connectivity index (χ1) is 5.76. The maximum absolute atomic E-state index is 8.45. The molecule has 1 rings (SSSR count). The third kappa shape index (κ3) is 1.74. The first-order valence-corrected chi connectivity index (χ1v) is 3.40. The second-order valence-electron chi connectivity index (χ2n) is 2.39. The number of aryl methyl sites for hydroxylation is 1. The zero-order valence-corrected chi connectivity index (χ0v) is 6.65. The largest absolute Gasteiger partial charge is 0.357 e. The molecule has 12 heavy (non-hydrogen) atoms.